The standard InChI is InChI=1S/C13H19BrFN/c1-2-11(15)7-6-10-13(14)16-12-8-4-3-5-9-12/h3-5,8-9,11,13,16H,2,6-7,10H2,1H3/t11-,13?/m1/s1. The highest BCUT2D eigenvalue weighted by Gasteiger charge is 2.06. The van der Waals surface area contributed by atoms with Crippen LogP contribution >= 0.6 is 15.9 Å². The fraction of sp³-hybridized carbons (Fsp3) is 0.538. The number of hydrogen-bond acceptors (Lipinski definition) is 1. The first kappa shape index (κ1) is 13.5. The Labute approximate surface area is 106 Å². The van der Waals surface area contributed by atoms with Gasteiger partial charge in [-0.05, 0) is 37.8 Å². The molecular formula is C13H19BrFN. The molecule has 0 aliphatic carbocycles. The van der Waals surface area contributed by atoms with Gasteiger partial charge >= 0.3 is 0 Å². The van der Waals surface area contributed by atoms with Crippen molar-refractivity contribution in [1.82, 2.24) is 0 Å². The highest BCUT2D eigenvalue weighted by atomic mass is 79.9. The van der Waals surface area contributed by atoms with Gasteiger partial charge in [0, 0.05) is 5.69 Å². The van der Waals surface area contributed by atoms with Gasteiger partial charge in [0.25, 0.3) is 0 Å². The molecule has 0 heterocycles. The summed E-state index contributed by atoms with van der Waals surface area (Å²) in [6.07, 6.45) is 2.49. The van der Waals surface area contributed by atoms with Gasteiger partial charge in [0.2, 0.25) is 0 Å². The highest BCUT2D eigenvalue weighted by molar-refractivity contribution is 9.09. The zero-order valence-corrected chi connectivity index (χ0v) is 11.2. The third-order valence-corrected chi connectivity index (χ3v) is 3.20. The first-order chi connectivity index (χ1) is 7.72. The van der Waals surface area contributed by atoms with E-state index >= 15 is 0 Å². The summed E-state index contributed by atoms with van der Waals surface area (Å²) in [6, 6.07) is 10.0. The van der Waals surface area contributed by atoms with Gasteiger partial charge in [-0.2, -0.15) is 0 Å². The molecule has 1 aromatic carbocycles. The van der Waals surface area contributed by atoms with Crippen molar-refractivity contribution in [1.29, 1.82) is 0 Å². The van der Waals surface area contributed by atoms with Gasteiger partial charge in [-0.15, -0.1) is 0 Å². The summed E-state index contributed by atoms with van der Waals surface area (Å²) in [4.78, 5) is 0.221. The second-order valence-corrected chi connectivity index (χ2v) is 5.02. The van der Waals surface area contributed by atoms with Crippen molar-refractivity contribution in [2.45, 2.75) is 43.7 Å². The van der Waals surface area contributed by atoms with E-state index in [9.17, 15) is 4.39 Å². The lowest BCUT2D eigenvalue weighted by Crippen LogP contribution is -2.12. The molecule has 1 aromatic rings. The van der Waals surface area contributed by atoms with Crippen molar-refractivity contribution < 1.29 is 4.39 Å². The van der Waals surface area contributed by atoms with Gasteiger partial charge in [0.1, 0.15) is 0 Å². The molecule has 1 N–H and O–H groups in total. The van der Waals surface area contributed by atoms with Crippen molar-refractivity contribution in [2.24, 2.45) is 0 Å². The third-order valence-electron chi connectivity index (χ3n) is 2.51. The van der Waals surface area contributed by atoms with Crippen molar-refractivity contribution >= 4 is 21.6 Å². The second-order valence-electron chi connectivity index (χ2n) is 3.91. The first-order valence-corrected chi connectivity index (χ1v) is 6.73. The molecule has 1 rings (SSSR count). The summed E-state index contributed by atoms with van der Waals surface area (Å²) < 4.78 is 13.0. The van der Waals surface area contributed by atoms with E-state index in [0.717, 1.165) is 18.5 Å². The zero-order chi connectivity index (χ0) is 11.8. The van der Waals surface area contributed by atoms with Crippen LogP contribution in [0.25, 0.3) is 0 Å². The van der Waals surface area contributed by atoms with E-state index in [0.29, 0.717) is 12.8 Å². The Bertz CT molecular complexity index is 279. The summed E-state index contributed by atoms with van der Waals surface area (Å²) >= 11 is 3.55. The Morgan fingerprint density at radius 1 is 1.25 bits per heavy atom. The highest BCUT2D eigenvalue weighted by Crippen LogP contribution is 2.17. The molecule has 90 valence electrons. The molecule has 0 saturated heterocycles. The first-order valence-electron chi connectivity index (χ1n) is 5.82. The molecule has 0 fully saturated rings. The summed E-state index contributed by atoms with van der Waals surface area (Å²) in [5.41, 5.74) is 1.09. The van der Waals surface area contributed by atoms with E-state index in [1.54, 1.807) is 0 Å². The summed E-state index contributed by atoms with van der Waals surface area (Å²) in [6.45, 7) is 1.89. The van der Waals surface area contributed by atoms with Crippen LogP contribution in [0.5, 0.6) is 0 Å². The Hall–Kier alpha value is -0.570. The van der Waals surface area contributed by atoms with Crippen LogP contribution in [0.3, 0.4) is 0 Å². The number of para-hydroxylation sites is 1. The van der Waals surface area contributed by atoms with Crippen molar-refractivity contribution in [2.75, 3.05) is 5.32 Å². The number of alkyl halides is 2. The second kappa shape index (κ2) is 7.66. The van der Waals surface area contributed by atoms with Gasteiger partial charge < -0.3 is 5.32 Å². The maximum absolute atomic E-state index is 13.0. The Morgan fingerprint density at radius 2 is 1.94 bits per heavy atom. The van der Waals surface area contributed by atoms with Crippen LogP contribution in [0.1, 0.15) is 32.6 Å². The van der Waals surface area contributed by atoms with Crippen molar-refractivity contribution in [3.63, 3.8) is 0 Å². The molecule has 3 heteroatoms. The van der Waals surface area contributed by atoms with Crippen LogP contribution in [-0.4, -0.2) is 11.1 Å². The molecule has 16 heavy (non-hydrogen) atoms. The van der Waals surface area contributed by atoms with E-state index in [1.807, 2.05) is 37.3 Å². The molecule has 0 spiro atoms. The van der Waals surface area contributed by atoms with Crippen LogP contribution in [0, 0.1) is 0 Å². The number of nitrogens with one attached hydrogen (secondary N) is 1. The van der Waals surface area contributed by atoms with Crippen LogP contribution < -0.4 is 5.32 Å². The fourth-order valence-electron chi connectivity index (χ4n) is 1.51. The molecule has 0 radical (unpaired) electrons. The van der Waals surface area contributed by atoms with Crippen LogP contribution in [0.4, 0.5) is 10.1 Å². The fourth-order valence-corrected chi connectivity index (χ4v) is 2.10. The minimum atomic E-state index is -0.642. The van der Waals surface area contributed by atoms with Gasteiger partial charge in [0.05, 0.1) is 11.1 Å². The topological polar surface area (TPSA) is 12.0 Å². The van der Waals surface area contributed by atoms with Gasteiger partial charge in [0.15, 0.2) is 0 Å². The molecule has 0 aromatic heterocycles. The molecule has 0 saturated carbocycles. The normalized spacial score (nSPS) is 14.4. The van der Waals surface area contributed by atoms with E-state index in [2.05, 4.69) is 21.2 Å². The van der Waals surface area contributed by atoms with E-state index < -0.39 is 6.17 Å². The van der Waals surface area contributed by atoms with Crippen LogP contribution in [-0.2, 0) is 0 Å². The monoisotopic (exact) mass is 287 g/mol. The maximum Gasteiger partial charge on any atom is 0.0999 e. The predicted octanol–water partition coefficient (Wildman–Crippen LogP) is 4.74. The molecule has 0 amide bonds. The SMILES string of the molecule is CC[C@@H](F)CCCC(Br)Nc1ccccc1. The number of rotatable bonds is 7. The molecule has 1 nitrogen and oxygen atoms in total. The maximum atomic E-state index is 13.0. The Kier molecular flexibility index (Phi) is 6.46. The smallest absolute Gasteiger partial charge is 0.0999 e. The Balaban J connectivity index is 2.19. The van der Waals surface area contributed by atoms with Crippen LogP contribution in [0.15, 0.2) is 30.3 Å². The predicted molar refractivity (Wildman–Crippen MR) is 71.8 cm³/mol. The summed E-state index contributed by atoms with van der Waals surface area (Å²) in [5, 5.41) is 3.33. The van der Waals surface area contributed by atoms with Crippen molar-refractivity contribution in [3.8, 4) is 0 Å². The third kappa shape index (κ3) is 5.50. The molecule has 0 aliphatic heterocycles. The lowest BCUT2D eigenvalue weighted by molar-refractivity contribution is 0.298. The van der Waals surface area contributed by atoms with Gasteiger partial charge in [-0.3, -0.25) is 0 Å². The van der Waals surface area contributed by atoms with E-state index in [4.69, 9.17) is 0 Å². The molecule has 2 atom stereocenters. The van der Waals surface area contributed by atoms with Gasteiger partial charge in [-0.25, -0.2) is 4.39 Å². The van der Waals surface area contributed by atoms with Gasteiger partial charge in [-0.1, -0.05) is 41.1 Å². The quantitative estimate of drug-likeness (QED) is 0.564. The number of anilines is 1. The lowest BCUT2D eigenvalue weighted by Gasteiger charge is -2.13. The summed E-state index contributed by atoms with van der Waals surface area (Å²) in [7, 11) is 0. The number of halogens is 2. The van der Waals surface area contributed by atoms with Crippen LogP contribution in [0.2, 0.25) is 0 Å². The Morgan fingerprint density at radius 3 is 2.56 bits per heavy atom. The van der Waals surface area contributed by atoms with E-state index in [-0.39, 0.29) is 4.95 Å². The number of hydrogen-bond donors (Lipinski definition) is 1. The molecule has 0 bridgehead atoms. The average molecular weight is 288 g/mol. The van der Waals surface area contributed by atoms with E-state index in [1.165, 1.54) is 0 Å². The average Bonchev–Trinajstić information content (AvgIpc) is 2.30. The minimum Gasteiger partial charge on any atom is -0.373 e. The number of benzene rings is 1. The zero-order valence-electron chi connectivity index (χ0n) is 9.63. The molecule has 0 aliphatic rings. The molecule has 1 unspecified atom stereocenters. The molecular weight excluding hydrogens is 269 g/mol. The minimum absolute atomic E-state index is 0.221. The lowest BCUT2D eigenvalue weighted by atomic mass is 10.1. The summed E-state index contributed by atoms with van der Waals surface area (Å²) in [5.74, 6) is 0. The van der Waals surface area contributed by atoms with Crippen molar-refractivity contribution in [3.05, 3.63) is 30.3 Å². The largest absolute Gasteiger partial charge is 0.373 e.